The number of nitrogens with one attached hydrogen (secondary N) is 1. The Morgan fingerprint density at radius 1 is 1.00 bits per heavy atom. The Hall–Kier alpha value is -3.95. The largest absolute Gasteiger partial charge is 0.493 e. The lowest BCUT2D eigenvalue weighted by molar-refractivity contribution is -0.124. The standard InChI is InChI=1S/C36H40ClN3O5S/c1-4-6-7-25-19-27(25)23-9-11-24(12-10-23)36-40(26-13-14-29(37)28(20-26)34(38)42)35(43)32(46-36)21-33(41)39-17-16-22-8-15-30(44-3)31(18-22)45-5-2/h8-15,18-20,27,32,36H,4-7,16-17,21H2,1-3H3,(H2,38,42)(H,39,41). The summed E-state index contributed by atoms with van der Waals surface area (Å²) in [7, 11) is 1.60. The average molecular weight is 662 g/mol. The van der Waals surface area contributed by atoms with Crippen molar-refractivity contribution in [3.05, 3.63) is 99.6 Å². The molecular formula is C36H40ClN3O5S. The highest BCUT2D eigenvalue weighted by Gasteiger charge is 2.43. The molecule has 1 saturated heterocycles. The Kier molecular flexibility index (Phi) is 11.0. The molecule has 0 bridgehead atoms. The summed E-state index contributed by atoms with van der Waals surface area (Å²) in [6.45, 7) is 5.04. The molecule has 3 atom stereocenters. The molecular weight excluding hydrogens is 622 g/mol. The lowest BCUT2D eigenvalue weighted by Gasteiger charge is -2.25. The average Bonchev–Trinajstić information content (AvgIpc) is 3.76. The number of thioether (sulfide) groups is 1. The quantitative estimate of drug-likeness (QED) is 0.171. The number of hydrogen-bond acceptors (Lipinski definition) is 6. The van der Waals surface area contributed by atoms with E-state index in [9.17, 15) is 14.4 Å². The van der Waals surface area contributed by atoms with Gasteiger partial charge >= 0.3 is 0 Å². The third-order valence-electron chi connectivity index (χ3n) is 8.24. The third kappa shape index (κ3) is 7.70. The zero-order chi connectivity index (χ0) is 32.8. The minimum atomic E-state index is -0.677. The number of hydrogen-bond donors (Lipinski definition) is 2. The van der Waals surface area contributed by atoms with E-state index >= 15 is 0 Å². The maximum atomic E-state index is 13.9. The van der Waals surface area contributed by atoms with Crippen LogP contribution >= 0.6 is 23.4 Å². The third-order valence-corrected chi connectivity index (χ3v) is 10.0. The number of methoxy groups -OCH3 is 1. The van der Waals surface area contributed by atoms with Crippen molar-refractivity contribution in [2.75, 3.05) is 25.2 Å². The molecule has 10 heteroatoms. The Morgan fingerprint density at radius 3 is 2.46 bits per heavy atom. The number of amides is 3. The van der Waals surface area contributed by atoms with Crippen LogP contribution in [0.4, 0.5) is 5.69 Å². The lowest BCUT2D eigenvalue weighted by Crippen LogP contribution is -2.34. The molecule has 1 aliphatic carbocycles. The van der Waals surface area contributed by atoms with Crippen molar-refractivity contribution in [3.63, 3.8) is 0 Å². The van der Waals surface area contributed by atoms with E-state index in [1.54, 1.807) is 30.2 Å². The number of nitrogens with two attached hydrogens (primary N) is 1. The summed E-state index contributed by atoms with van der Waals surface area (Å²) >= 11 is 7.66. The van der Waals surface area contributed by atoms with Gasteiger partial charge in [-0.15, -0.1) is 11.8 Å². The zero-order valence-corrected chi connectivity index (χ0v) is 28.0. The second-order valence-corrected chi connectivity index (χ2v) is 13.1. The van der Waals surface area contributed by atoms with Gasteiger partial charge in [0.2, 0.25) is 17.7 Å². The van der Waals surface area contributed by atoms with Crippen molar-refractivity contribution in [1.82, 2.24) is 5.32 Å². The minimum absolute atomic E-state index is 0.0183. The van der Waals surface area contributed by atoms with Crippen LogP contribution in [0.5, 0.6) is 11.5 Å². The van der Waals surface area contributed by atoms with Crippen LogP contribution in [0.15, 0.2) is 72.3 Å². The fourth-order valence-corrected chi connectivity index (χ4v) is 7.38. The SMILES string of the molecule is CCCCC1=CC1c1ccc(C2SC(CC(=O)NCCc3ccc(OC)c(OCC)c3)C(=O)N2c2ccc(Cl)c(C(N)=O)c2)cc1. The van der Waals surface area contributed by atoms with Gasteiger partial charge in [-0.05, 0) is 73.2 Å². The Labute approximate surface area is 279 Å². The fourth-order valence-electron chi connectivity index (χ4n) is 5.72. The van der Waals surface area contributed by atoms with Crippen molar-refractivity contribution < 1.29 is 23.9 Å². The monoisotopic (exact) mass is 661 g/mol. The molecule has 5 rings (SSSR count). The summed E-state index contributed by atoms with van der Waals surface area (Å²) in [5.41, 5.74) is 10.9. The Morgan fingerprint density at radius 2 is 1.76 bits per heavy atom. The van der Waals surface area contributed by atoms with Gasteiger partial charge in [-0.1, -0.05) is 66.9 Å². The van der Waals surface area contributed by atoms with E-state index in [0.29, 0.717) is 42.7 Å². The molecule has 3 aromatic rings. The van der Waals surface area contributed by atoms with E-state index in [2.05, 4.69) is 42.6 Å². The van der Waals surface area contributed by atoms with Gasteiger partial charge in [0, 0.05) is 24.6 Å². The first-order chi connectivity index (χ1) is 22.2. The number of benzene rings is 3. The molecule has 1 heterocycles. The van der Waals surface area contributed by atoms with E-state index in [0.717, 1.165) is 17.5 Å². The van der Waals surface area contributed by atoms with Gasteiger partial charge in [-0.2, -0.15) is 0 Å². The number of rotatable bonds is 15. The van der Waals surface area contributed by atoms with Crippen LogP contribution in [0.25, 0.3) is 0 Å². The van der Waals surface area contributed by atoms with E-state index in [4.69, 9.17) is 26.8 Å². The molecule has 242 valence electrons. The number of carbonyl (C=O) groups is 3. The molecule has 0 spiro atoms. The summed E-state index contributed by atoms with van der Waals surface area (Å²) in [4.78, 5) is 40.7. The molecule has 1 aliphatic heterocycles. The number of carbonyl (C=O) groups excluding carboxylic acids is 3. The second-order valence-electron chi connectivity index (χ2n) is 11.4. The predicted molar refractivity (Wildman–Crippen MR) is 184 cm³/mol. The maximum absolute atomic E-state index is 13.9. The smallest absolute Gasteiger partial charge is 0.250 e. The molecule has 1 fully saturated rings. The summed E-state index contributed by atoms with van der Waals surface area (Å²) in [6.07, 6.45) is 6.41. The number of ether oxygens (including phenoxy) is 2. The van der Waals surface area contributed by atoms with E-state index in [1.807, 2.05) is 25.1 Å². The van der Waals surface area contributed by atoms with Crippen molar-refractivity contribution >= 4 is 46.8 Å². The highest BCUT2D eigenvalue weighted by Crippen LogP contribution is 2.48. The van der Waals surface area contributed by atoms with Crippen LogP contribution < -0.4 is 25.4 Å². The number of unbranched alkanes of at least 4 members (excludes halogenated alkanes) is 1. The van der Waals surface area contributed by atoms with Crippen LogP contribution in [-0.4, -0.2) is 43.2 Å². The molecule has 3 amide bonds. The van der Waals surface area contributed by atoms with Gasteiger partial charge in [-0.3, -0.25) is 19.3 Å². The Bertz CT molecular complexity index is 1630. The molecule has 2 aliphatic rings. The van der Waals surface area contributed by atoms with E-state index in [1.165, 1.54) is 35.7 Å². The molecule has 0 saturated carbocycles. The predicted octanol–water partition coefficient (Wildman–Crippen LogP) is 6.96. The highest BCUT2D eigenvalue weighted by atomic mass is 35.5. The van der Waals surface area contributed by atoms with Crippen LogP contribution in [0.3, 0.4) is 0 Å². The van der Waals surface area contributed by atoms with E-state index < -0.39 is 16.5 Å². The number of nitrogens with zero attached hydrogens (tertiary/aromatic N) is 1. The molecule has 0 aromatic heterocycles. The number of halogens is 1. The summed E-state index contributed by atoms with van der Waals surface area (Å²) in [5, 5.41) is 2.17. The molecule has 46 heavy (non-hydrogen) atoms. The normalized spacial score (nSPS) is 18.7. The zero-order valence-electron chi connectivity index (χ0n) is 26.4. The van der Waals surface area contributed by atoms with Gasteiger partial charge in [0.25, 0.3) is 0 Å². The van der Waals surface area contributed by atoms with Gasteiger partial charge < -0.3 is 20.5 Å². The van der Waals surface area contributed by atoms with Crippen LogP contribution in [0, 0.1) is 0 Å². The van der Waals surface area contributed by atoms with Crippen molar-refractivity contribution in [1.29, 1.82) is 0 Å². The fraction of sp³-hybridized carbons (Fsp3) is 0.361. The van der Waals surface area contributed by atoms with Gasteiger partial charge in [-0.25, -0.2) is 0 Å². The van der Waals surface area contributed by atoms with Crippen LogP contribution in [0.1, 0.15) is 77.9 Å². The summed E-state index contributed by atoms with van der Waals surface area (Å²) < 4.78 is 11.0. The first-order valence-electron chi connectivity index (χ1n) is 15.7. The molecule has 3 N–H and O–H groups in total. The number of allylic oxidation sites excluding steroid dienone is 2. The summed E-state index contributed by atoms with van der Waals surface area (Å²) in [6, 6.07) is 18.9. The van der Waals surface area contributed by atoms with Crippen molar-refractivity contribution in [2.45, 2.75) is 62.5 Å². The van der Waals surface area contributed by atoms with E-state index in [-0.39, 0.29) is 28.8 Å². The Balaban J connectivity index is 1.29. The molecule has 3 aromatic carbocycles. The highest BCUT2D eigenvalue weighted by molar-refractivity contribution is 8.01. The van der Waals surface area contributed by atoms with Gasteiger partial charge in [0.15, 0.2) is 11.5 Å². The maximum Gasteiger partial charge on any atom is 0.250 e. The van der Waals surface area contributed by atoms with Crippen molar-refractivity contribution in [2.24, 2.45) is 5.73 Å². The molecule has 8 nitrogen and oxygen atoms in total. The van der Waals surface area contributed by atoms with Gasteiger partial charge in [0.1, 0.15) is 5.37 Å². The first kappa shape index (κ1) is 33.4. The second kappa shape index (κ2) is 15.1. The van der Waals surface area contributed by atoms with Crippen molar-refractivity contribution in [3.8, 4) is 11.5 Å². The van der Waals surface area contributed by atoms with Gasteiger partial charge in [0.05, 0.1) is 29.6 Å². The topological polar surface area (TPSA) is 111 Å². The minimum Gasteiger partial charge on any atom is -0.493 e. The van der Waals surface area contributed by atoms with Crippen LogP contribution in [-0.2, 0) is 16.0 Å². The molecule has 0 radical (unpaired) electrons. The number of primary amides is 1. The lowest BCUT2D eigenvalue weighted by atomic mass is 10.0. The molecule has 3 unspecified atom stereocenters. The first-order valence-corrected chi connectivity index (χ1v) is 17.0. The number of anilines is 1. The summed E-state index contributed by atoms with van der Waals surface area (Å²) in [5.74, 6) is 0.605. The van der Waals surface area contributed by atoms with Crippen LogP contribution in [0.2, 0.25) is 5.02 Å².